The fourth-order valence-corrected chi connectivity index (χ4v) is 6.64. The van der Waals surface area contributed by atoms with Crippen LogP contribution in [0.3, 0.4) is 0 Å². The molecular weight excluding hydrogens is 526 g/mol. The molecular formula is C19H21Cl3FN2O5S2-. The molecule has 13 heteroatoms. The van der Waals surface area contributed by atoms with Crippen LogP contribution in [0.5, 0.6) is 0 Å². The fourth-order valence-electron chi connectivity index (χ4n) is 4.05. The van der Waals surface area contributed by atoms with E-state index in [0.717, 1.165) is 17.8 Å². The number of thiophene rings is 1. The van der Waals surface area contributed by atoms with Crippen molar-refractivity contribution in [1.82, 2.24) is 4.90 Å². The number of halogens is 4. The number of hydrogen-bond acceptors (Lipinski definition) is 6. The molecule has 0 radical (unpaired) electrons. The largest absolute Gasteiger partial charge is 0.755 e. The Balaban J connectivity index is 1.93. The molecule has 1 aliphatic carbocycles. The standard InChI is InChI=1S/C19H22Cl3FN2O5S2/c1-19(2,3)30-18(27)24-7-9-5-4-6-10(8-24)11(9)13(23)17(26)25(32(28)29)14-12(20)15(21)31-16(14)22/h9-10H,4-8H2,1-3H3,(H,28,29)/p-1. The summed E-state index contributed by atoms with van der Waals surface area (Å²) in [5.74, 6) is -3.44. The molecule has 2 aliphatic rings. The van der Waals surface area contributed by atoms with Crippen LogP contribution in [0, 0.1) is 11.8 Å². The van der Waals surface area contributed by atoms with Gasteiger partial charge in [0.25, 0.3) is 5.91 Å². The Morgan fingerprint density at radius 1 is 1.19 bits per heavy atom. The summed E-state index contributed by atoms with van der Waals surface area (Å²) in [5.41, 5.74) is -0.846. The van der Waals surface area contributed by atoms with E-state index in [-0.39, 0.29) is 42.4 Å². The van der Waals surface area contributed by atoms with Crippen LogP contribution in [0.4, 0.5) is 14.9 Å². The van der Waals surface area contributed by atoms with Crippen molar-refractivity contribution >= 4 is 75.1 Å². The first kappa shape index (κ1) is 25.7. The maximum absolute atomic E-state index is 15.5. The van der Waals surface area contributed by atoms with Crippen LogP contribution in [0.25, 0.3) is 0 Å². The summed E-state index contributed by atoms with van der Waals surface area (Å²) in [5, 5.41) is -0.253. The molecule has 7 nitrogen and oxygen atoms in total. The van der Waals surface area contributed by atoms with E-state index in [9.17, 15) is 18.4 Å². The second-order valence-electron chi connectivity index (χ2n) is 8.61. The number of carbonyl (C=O) groups excluding carboxylic acids is 2. The van der Waals surface area contributed by atoms with Crippen LogP contribution in [0.15, 0.2) is 11.4 Å². The third-order valence-corrected chi connectivity index (χ3v) is 8.05. The van der Waals surface area contributed by atoms with Crippen molar-refractivity contribution in [3.63, 3.8) is 0 Å². The van der Waals surface area contributed by atoms with Crippen molar-refractivity contribution in [2.45, 2.75) is 45.6 Å². The molecule has 1 aromatic rings. The zero-order valence-corrected chi connectivity index (χ0v) is 21.4. The van der Waals surface area contributed by atoms with E-state index < -0.39 is 46.5 Å². The molecule has 1 aliphatic heterocycles. The highest BCUT2D eigenvalue weighted by Gasteiger charge is 2.42. The number of nitrogens with zero attached hydrogens (tertiary/aromatic N) is 2. The van der Waals surface area contributed by atoms with E-state index in [1.165, 1.54) is 4.90 Å². The van der Waals surface area contributed by atoms with Crippen LogP contribution < -0.4 is 4.31 Å². The normalized spacial score (nSPS) is 21.9. The number of piperidine rings is 1. The maximum Gasteiger partial charge on any atom is 0.410 e. The smallest absolute Gasteiger partial charge is 0.410 e. The Hall–Kier alpha value is -0.910. The number of carbonyl (C=O) groups is 2. The monoisotopic (exact) mass is 545 g/mol. The van der Waals surface area contributed by atoms with Gasteiger partial charge in [-0.05, 0) is 39.2 Å². The van der Waals surface area contributed by atoms with Gasteiger partial charge in [-0.2, -0.15) is 0 Å². The summed E-state index contributed by atoms with van der Waals surface area (Å²) >= 11 is 15.5. The molecule has 2 heterocycles. The highest BCUT2D eigenvalue weighted by Crippen LogP contribution is 2.48. The van der Waals surface area contributed by atoms with Crippen molar-refractivity contribution in [2.24, 2.45) is 11.8 Å². The van der Waals surface area contributed by atoms with Gasteiger partial charge in [0.2, 0.25) is 0 Å². The summed E-state index contributed by atoms with van der Waals surface area (Å²) in [4.78, 5) is 27.0. The molecule has 3 unspecified atom stereocenters. The van der Waals surface area contributed by atoms with Crippen LogP contribution in [-0.2, 0) is 20.8 Å². The molecule has 0 aromatic carbocycles. The lowest BCUT2D eigenvalue weighted by Gasteiger charge is -2.43. The van der Waals surface area contributed by atoms with Gasteiger partial charge >= 0.3 is 6.09 Å². The number of rotatable bonds is 3. The van der Waals surface area contributed by atoms with Crippen molar-refractivity contribution < 1.29 is 27.5 Å². The number of amides is 2. The minimum absolute atomic E-state index is 0.0227. The molecule has 3 atom stereocenters. The van der Waals surface area contributed by atoms with Gasteiger partial charge in [0.15, 0.2) is 5.83 Å². The second kappa shape index (κ2) is 9.76. The summed E-state index contributed by atoms with van der Waals surface area (Å²) < 4.78 is 44.7. The molecule has 32 heavy (non-hydrogen) atoms. The van der Waals surface area contributed by atoms with Gasteiger partial charge in [0, 0.05) is 24.9 Å². The topological polar surface area (TPSA) is 90.0 Å². The second-order valence-corrected chi connectivity index (χ2v) is 12.0. The molecule has 2 amide bonds. The fraction of sp³-hybridized carbons (Fsp3) is 0.579. The van der Waals surface area contributed by atoms with Gasteiger partial charge in [-0.15, -0.1) is 11.3 Å². The maximum atomic E-state index is 15.5. The van der Waals surface area contributed by atoms with E-state index in [2.05, 4.69) is 0 Å². The third-order valence-electron chi connectivity index (χ3n) is 5.24. The molecule has 2 bridgehead atoms. The number of anilines is 1. The van der Waals surface area contributed by atoms with Gasteiger partial charge < -0.3 is 14.2 Å². The number of fused-ring (bicyclic) bond motifs is 2. The van der Waals surface area contributed by atoms with Gasteiger partial charge in [-0.3, -0.25) is 9.00 Å². The van der Waals surface area contributed by atoms with Crippen molar-refractivity contribution in [3.8, 4) is 0 Å². The summed E-state index contributed by atoms with van der Waals surface area (Å²) in [6.07, 6.45) is 1.40. The predicted molar refractivity (Wildman–Crippen MR) is 123 cm³/mol. The van der Waals surface area contributed by atoms with E-state index >= 15 is 4.39 Å². The van der Waals surface area contributed by atoms with Crippen molar-refractivity contribution in [3.05, 3.63) is 25.1 Å². The quantitative estimate of drug-likeness (QED) is 0.357. The number of ether oxygens (including phenoxy) is 1. The number of likely N-dealkylation sites (tertiary alicyclic amines) is 1. The molecule has 1 saturated heterocycles. The Kier molecular flexibility index (Phi) is 7.84. The lowest BCUT2D eigenvalue weighted by atomic mass is 9.73. The average molecular weight is 547 g/mol. The van der Waals surface area contributed by atoms with Crippen LogP contribution in [0.1, 0.15) is 40.0 Å². The van der Waals surface area contributed by atoms with E-state index in [4.69, 9.17) is 39.5 Å². The van der Waals surface area contributed by atoms with E-state index in [1.54, 1.807) is 20.8 Å². The Morgan fingerprint density at radius 2 is 1.75 bits per heavy atom. The SMILES string of the molecule is CC(C)(C)OC(=O)N1CC2CCCC(C1)C2=C(F)C(=O)N(c1c(Cl)sc(Cl)c1Cl)S(=O)[O-]. The predicted octanol–water partition coefficient (Wildman–Crippen LogP) is 5.73. The first-order valence-corrected chi connectivity index (χ1v) is 12.7. The van der Waals surface area contributed by atoms with Gasteiger partial charge in [0.1, 0.15) is 20.0 Å². The molecule has 1 aromatic heterocycles. The highest BCUT2D eigenvalue weighted by molar-refractivity contribution is 7.81. The molecule has 3 rings (SSSR count). The van der Waals surface area contributed by atoms with Crippen molar-refractivity contribution in [2.75, 3.05) is 17.4 Å². The minimum atomic E-state index is -3.19. The summed E-state index contributed by atoms with van der Waals surface area (Å²) in [6.45, 7) is 5.61. The zero-order chi connectivity index (χ0) is 24.0. The Morgan fingerprint density at radius 3 is 2.19 bits per heavy atom. The minimum Gasteiger partial charge on any atom is -0.755 e. The van der Waals surface area contributed by atoms with Gasteiger partial charge in [0.05, 0.1) is 16.3 Å². The first-order valence-electron chi connectivity index (χ1n) is 9.76. The van der Waals surface area contributed by atoms with E-state index in [0.29, 0.717) is 12.8 Å². The summed E-state index contributed by atoms with van der Waals surface area (Å²) in [7, 11) is 0. The molecule has 2 fully saturated rings. The van der Waals surface area contributed by atoms with E-state index in [1.807, 2.05) is 0 Å². The van der Waals surface area contributed by atoms with Gasteiger partial charge in [-0.1, -0.05) is 41.2 Å². The Bertz CT molecular complexity index is 978. The highest BCUT2D eigenvalue weighted by atomic mass is 35.5. The van der Waals surface area contributed by atoms with Crippen LogP contribution in [0.2, 0.25) is 13.7 Å². The summed E-state index contributed by atoms with van der Waals surface area (Å²) in [6, 6.07) is 0. The lowest BCUT2D eigenvalue weighted by Crippen LogP contribution is -2.49. The van der Waals surface area contributed by atoms with Gasteiger partial charge in [-0.25, -0.2) is 13.5 Å². The van der Waals surface area contributed by atoms with Crippen molar-refractivity contribution in [1.29, 1.82) is 0 Å². The Labute approximate surface area is 206 Å². The lowest BCUT2D eigenvalue weighted by molar-refractivity contribution is -0.115. The van der Waals surface area contributed by atoms with Crippen LogP contribution >= 0.6 is 46.1 Å². The average Bonchev–Trinajstić information content (AvgIpc) is 2.91. The van der Waals surface area contributed by atoms with Crippen LogP contribution in [-0.4, -0.2) is 44.4 Å². The molecule has 0 N–H and O–H groups in total. The first-order chi connectivity index (χ1) is 14.8. The molecule has 1 saturated carbocycles. The third kappa shape index (κ3) is 5.26. The molecule has 0 spiro atoms. The number of hydrogen-bond donors (Lipinski definition) is 0. The molecule has 178 valence electrons. The zero-order valence-electron chi connectivity index (χ0n) is 17.5.